The van der Waals surface area contributed by atoms with Gasteiger partial charge in [-0.05, 0) is 12.1 Å². The monoisotopic (exact) mass is 209 g/mol. The molecule has 0 bridgehead atoms. The van der Waals surface area contributed by atoms with Gasteiger partial charge in [-0.2, -0.15) is 0 Å². The Morgan fingerprint density at radius 2 is 2.27 bits per heavy atom. The number of rotatable bonds is 1. The third-order valence-corrected chi connectivity index (χ3v) is 2.26. The van der Waals surface area contributed by atoms with E-state index in [1.165, 1.54) is 19.2 Å². The molecule has 1 aliphatic heterocycles. The standard InChI is InChI=1S/C10H8FNO3/c1-15-10(14)5-2-3-7-6(9(5)11)4-8(13)12-7/h2-3H,4H2,1H3,(H,12,13). The molecule has 5 heteroatoms. The van der Waals surface area contributed by atoms with E-state index in [2.05, 4.69) is 10.1 Å². The first-order chi connectivity index (χ1) is 7.13. The summed E-state index contributed by atoms with van der Waals surface area (Å²) >= 11 is 0. The van der Waals surface area contributed by atoms with E-state index < -0.39 is 11.8 Å². The highest BCUT2D eigenvalue weighted by molar-refractivity contribution is 6.01. The molecule has 0 radical (unpaired) electrons. The Bertz CT molecular complexity index is 456. The van der Waals surface area contributed by atoms with E-state index in [1.54, 1.807) is 0 Å². The summed E-state index contributed by atoms with van der Waals surface area (Å²) in [5.41, 5.74) is 0.501. The van der Waals surface area contributed by atoms with Crippen LogP contribution in [0.5, 0.6) is 0 Å². The fourth-order valence-electron chi connectivity index (χ4n) is 1.53. The van der Waals surface area contributed by atoms with Crippen molar-refractivity contribution in [1.29, 1.82) is 0 Å². The van der Waals surface area contributed by atoms with Crippen molar-refractivity contribution in [2.24, 2.45) is 0 Å². The second-order valence-electron chi connectivity index (χ2n) is 3.17. The smallest absolute Gasteiger partial charge is 0.340 e. The Hall–Kier alpha value is -1.91. The van der Waals surface area contributed by atoms with Gasteiger partial charge in [0.1, 0.15) is 5.82 Å². The summed E-state index contributed by atoms with van der Waals surface area (Å²) in [6.07, 6.45) is -0.0357. The van der Waals surface area contributed by atoms with Gasteiger partial charge in [0, 0.05) is 11.3 Å². The molecule has 1 aromatic rings. The molecule has 0 unspecified atom stereocenters. The van der Waals surface area contributed by atoms with Crippen molar-refractivity contribution in [1.82, 2.24) is 0 Å². The third kappa shape index (κ3) is 1.45. The van der Waals surface area contributed by atoms with Crippen LogP contribution in [-0.4, -0.2) is 19.0 Å². The highest BCUT2D eigenvalue weighted by Gasteiger charge is 2.25. The summed E-state index contributed by atoms with van der Waals surface area (Å²) in [6.45, 7) is 0. The number of methoxy groups -OCH3 is 1. The molecule has 0 saturated carbocycles. The van der Waals surface area contributed by atoms with Crippen molar-refractivity contribution < 1.29 is 18.7 Å². The van der Waals surface area contributed by atoms with Crippen LogP contribution in [0.1, 0.15) is 15.9 Å². The van der Waals surface area contributed by atoms with E-state index >= 15 is 0 Å². The molecule has 0 spiro atoms. The molecular formula is C10H8FNO3. The molecule has 0 aliphatic carbocycles. The van der Waals surface area contributed by atoms with Crippen molar-refractivity contribution >= 4 is 17.6 Å². The highest BCUT2D eigenvalue weighted by Crippen LogP contribution is 2.27. The lowest BCUT2D eigenvalue weighted by atomic mass is 10.1. The van der Waals surface area contributed by atoms with Gasteiger partial charge in [-0.15, -0.1) is 0 Å². The number of halogens is 1. The SMILES string of the molecule is COC(=O)c1ccc2c(c1F)CC(=O)N2. The number of hydrogen-bond acceptors (Lipinski definition) is 3. The minimum absolute atomic E-state index is 0.0357. The summed E-state index contributed by atoms with van der Waals surface area (Å²) in [5.74, 6) is -1.70. The van der Waals surface area contributed by atoms with Gasteiger partial charge in [-0.1, -0.05) is 0 Å². The highest BCUT2D eigenvalue weighted by atomic mass is 19.1. The van der Waals surface area contributed by atoms with Gasteiger partial charge >= 0.3 is 5.97 Å². The molecule has 1 aromatic carbocycles. The zero-order chi connectivity index (χ0) is 11.0. The first kappa shape index (κ1) is 9.64. The van der Waals surface area contributed by atoms with E-state index in [0.29, 0.717) is 5.69 Å². The Kier molecular flexibility index (Phi) is 2.15. The zero-order valence-corrected chi connectivity index (χ0v) is 7.96. The van der Waals surface area contributed by atoms with Crippen molar-refractivity contribution in [3.8, 4) is 0 Å². The van der Waals surface area contributed by atoms with Crippen LogP contribution in [0.15, 0.2) is 12.1 Å². The maximum atomic E-state index is 13.7. The topological polar surface area (TPSA) is 55.4 Å². The van der Waals surface area contributed by atoms with E-state index in [1.807, 2.05) is 0 Å². The van der Waals surface area contributed by atoms with Crippen molar-refractivity contribution in [2.75, 3.05) is 12.4 Å². The number of fused-ring (bicyclic) bond motifs is 1. The van der Waals surface area contributed by atoms with Gasteiger partial charge < -0.3 is 10.1 Å². The van der Waals surface area contributed by atoms with Gasteiger partial charge in [0.15, 0.2) is 0 Å². The molecule has 15 heavy (non-hydrogen) atoms. The van der Waals surface area contributed by atoms with E-state index in [0.717, 1.165) is 0 Å². The van der Waals surface area contributed by atoms with Crippen LogP contribution in [0.4, 0.5) is 10.1 Å². The molecule has 78 valence electrons. The molecule has 0 aromatic heterocycles. The quantitative estimate of drug-likeness (QED) is 0.705. The molecule has 1 heterocycles. The first-order valence-electron chi connectivity index (χ1n) is 4.33. The van der Waals surface area contributed by atoms with Crippen LogP contribution >= 0.6 is 0 Å². The van der Waals surface area contributed by atoms with Crippen molar-refractivity contribution in [3.63, 3.8) is 0 Å². The summed E-state index contributed by atoms with van der Waals surface area (Å²) in [4.78, 5) is 22.2. The molecule has 2 rings (SSSR count). The summed E-state index contributed by atoms with van der Waals surface area (Å²) in [5, 5.41) is 2.49. The molecule has 1 amide bonds. The second-order valence-corrected chi connectivity index (χ2v) is 3.17. The number of hydrogen-bond donors (Lipinski definition) is 1. The summed E-state index contributed by atoms with van der Waals surface area (Å²) in [6, 6.07) is 2.79. The van der Waals surface area contributed by atoms with Gasteiger partial charge in [0.25, 0.3) is 0 Å². The average molecular weight is 209 g/mol. The largest absolute Gasteiger partial charge is 0.465 e. The third-order valence-electron chi connectivity index (χ3n) is 2.26. The Labute approximate surface area is 85.0 Å². The number of ether oxygens (including phenoxy) is 1. The molecular weight excluding hydrogens is 201 g/mol. The zero-order valence-electron chi connectivity index (χ0n) is 7.96. The number of carbonyl (C=O) groups is 2. The molecule has 4 nitrogen and oxygen atoms in total. The van der Waals surface area contributed by atoms with Gasteiger partial charge in [0.05, 0.1) is 19.1 Å². The maximum Gasteiger partial charge on any atom is 0.340 e. The fourth-order valence-corrected chi connectivity index (χ4v) is 1.53. The van der Waals surface area contributed by atoms with Crippen LogP contribution < -0.4 is 5.32 Å². The predicted molar refractivity (Wildman–Crippen MR) is 50.1 cm³/mol. The Morgan fingerprint density at radius 3 is 2.93 bits per heavy atom. The number of nitrogens with one attached hydrogen (secondary N) is 1. The van der Waals surface area contributed by atoms with E-state index in [-0.39, 0.29) is 23.5 Å². The normalized spacial score (nSPS) is 13.3. The van der Waals surface area contributed by atoms with E-state index in [4.69, 9.17) is 0 Å². The number of benzene rings is 1. The number of amides is 1. The van der Waals surface area contributed by atoms with Crippen LogP contribution in [0.3, 0.4) is 0 Å². The van der Waals surface area contributed by atoms with Crippen LogP contribution in [-0.2, 0) is 16.0 Å². The summed E-state index contributed by atoms with van der Waals surface area (Å²) in [7, 11) is 1.18. The van der Waals surface area contributed by atoms with Crippen LogP contribution in [0, 0.1) is 5.82 Å². The predicted octanol–water partition coefficient (Wildman–Crippen LogP) is 1.11. The number of anilines is 1. The number of esters is 1. The Morgan fingerprint density at radius 1 is 1.53 bits per heavy atom. The van der Waals surface area contributed by atoms with Crippen LogP contribution in [0.2, 0.25) is 0 Å². The minimum Gasteiger partial charge on any atom is -0.465 e. The second kappa shape index (κ2) is 3.34. The lowest BCUT2D eigenvalue weighted by Gasteiger charge is -2.04. The molecule has 1 aliphatic rings. The Balaban J connectivity index is 2.51. The minimum atomic E-state index is -0.741. The number of carbonyl (C=O) groups excluding carboxylic acids is 2. The maximum absolute atomic E-state index is 13.7. The lowest BCUT2D eigenvalue weighted by Crippen LogP contribution is -2.06. The van der Waals surface area contributed by atoms with Crippen molar-refractivity contribution in [2.45, 2.75) is 6.42 Å². The first-order valence-corrected chi connectivity index (χ1v) is 4.33. The van der Waals surface area contributed by atoms with E-state index in [9.17, 15) is 14.0 Å². The fraction of sp³-hybridized carbons (Fsp3) is 0.200. The average Bonchev–Trinajstić information content (AvgIpc) is 2.59. The van der Waals surface area contributed by atoms with Gasteiger partial charge in [-0.25, -0.2) is 9.18 Å². The molecule has 0 saturated heterocycles. The van der Waals surface area contributed by atoms with Crippen molar-refractivity contribution in [3.05, 3.63) is 29.1 Å². The van der Waals surface area contributed by atoms with Crippen LogP contribution in [0.25, 0.3) is 0 Å². The molecule has 1 N–H and O–H groups in total. The molecule has 0 atom stereocenters. The summed E-state index contributed by atoms with van der Waals surface area (Å²) < 4.78 is 18.1. The molecule has 0 fully saturated rings. The lowest BCUT2D eigenvalue weighted by molar-refractivity contribution is -0.115. The van der Waals surface area contributed by atoms with Gasteiger partial charge in [-0.3, -0.25) is 4.79 Å². The van der Waals surface area contributed by atoms with Gasteiger partial charge in [0.2, 0.25) is 5.91 Å².